The predicted molar refractivity (Wildman–Crippen MR) is 189 cm³/mol. The topological polar surface area (TPSA) is 40.2 Å². The van der Waals surface area contributed by atoms with E-state index in [0.717, 1.165) is 73.2 Å². The maximum Gasteiger partial charge on any atom is 0.121 e. The van der Waals surface area contributed by atoms with Crippen molar-refractivity contribution in [2.75, 3.05) is 33.3 Å². The van der Waals surface area contributed by atoms with Crippen LogP contribution in [0.3, 0.4) is 0 Å². The molecule has 0 saturated heterocycles. The van der Waals surface area contributed by atoms with E-state index >= 15 is 0 Å². The van der Waals surface area contributed by atoms with Crippen LogP contribution in [0.25, 0.3) is 11.1 Å². The lowest BCUT2D eigenvalue weighted by Gasteiger charge is -2.23. The Morgan fingerprint density at radius 3 is 1.20 bits per heavy atom. The van der Waals surface area contributed by atoms with Crippen LogP contribution in [0.15, 0.2) is 122 Å². The van der Waals surface area contributed by atoms with Gasteiger partial charge in [0.2, 0.25) is 0 Å². The molecule has 5 heteroatoms. The first-order valence-electron chi connectivity index (χ1n) is 15.2. The van der Waals surface area contributed by atoms with Gasteiger partial charge < -0.3 is 23.8 Å². The van der Waals surface area contributed by atoms with Gasteiger partial charge >= 0.3 is 0 Å². The fourth-order valence-corrected chi connectivity index (χ4v) is 5.45. The maximum absolute atomic E-state index is 5.60. The number of methoxy groups -OCH3 is 4. The van der Waals surface area contributed by atoms with Gasteiger partial charge in [-0.3, -0.25) is 0 Å². The lowest BCUT2D eigenvalue weighted by Crippen LogP contribution is -2.11. The van der Waals surface area contributed by atoms with E-state index in [-0.39, 0.29) is 0 Å². The highest BCUT2D eigenvalue weighted by molar-refractivity contribution is 5.86. The molecular formula is C41H41NO4. The molecule has 0 saturated carbocycles. The molecule has 0 heterocycles. The van der Waals surface area contributed by atoms with Crippen molar-refractivity contribution in [3.63, 3.8) is 0 Å². The van der Waals surface area contributed by atoms with Crippen molar-refractivity contribution in [3.05, 3.63) is 161 Å². The van der Waals surface area contributed by atoms with Crippen molar-refractivity contribution in [2.45, 2.75) is 20.8 Å². The first-order valence-corrected chi connectivity index (χ1v) is 15.2. The van der Waals surface area contributed by atoms with Crippen molar-refractivity contribution in [1.82, 2.24) is 0 Å². The van der Waals surface area contributed by atoms with Crippen molar-refractivity contribution < 1.29 is 18.9 Å². The maximum atomic E-state index is 5.60. The molecule has 0 fully saturated rings. The second kappa shape index (κ2) is 14.6. The number of hydrogen-bond acceptors (Lipinski definition) is 5. The Bertz CT molecular complexity index is 1720. The van der Waals surface area contributed by atoms with Gasteiger partial charge in [0.1, 0.15) is 23.0 Å². The van der Waals surface area contributed by atoms with Gasteiger partial charge in [0, 0.05) is 29.2 Å². The zero-order valence-electron chi connectivity index (χ0n) is 27.6. The van der Waals surface area contributed by atoms with Crippen LogP contribution >= 0.6 is 0 Å². The molecule has 0 radical (unpaired) electrons. The van der Waals surface area contributed by atoms with E-state index in [1.807, 2.05) is 36.4 Å². The average Bonchev–Trinajstić information content (AvgIpc) is 3.09. The van der Waals surface area contributed by atoms with Gasteiger partial charge in [0.15, 0.2) is 0 Å². The molecule has 5 aromatic rings. The number of ether oxygens (including phenoxy) is 4. The van der Waals surface area contributed by atoms with E-state index in [2.05, 4.69) is 111 Å². The minimum Gasteiger partial charge on any atom is -0.497 e. The Kier molecular flexibility index (Phi) is 10.1. The third-order valence-corrected chi connectivity index (χ3v) is 8.08. The van der Waals surface area contributed by atoms with E-state index in [0.29, 0.717) is 0 Å². The van der Waals surface area contributed by atoms with Crippen LogP contribution in [0.1, 0.15) is 38.9 Å². The van der Waals surface area contributed by atoms with Gasteiger partial charge in [-0.15, -0.1) is 0 Å². The largest absolute Gasteiger partial charge is 0.497 e. The molecule has 0 bridgehead atoms. The van der Waals surface area contributed by atoms with Crippen LogP contribution < -0.4 is 23.8 Å². The summed E-state index contributed by atoms with van der Waals surface area (Å²) in [4.78, 5) is 2.21. The molecule has 0 spiro atoms. The van der Waals surface area contributed by atoms with Crippen LogP contribution in [-0.2, 0) is 0 Å². The van der Waals surface area contributed by atoms with Gasteiger partial charge in [-0.2, -0.15) is 0 Å². The number of anilines is 1. The highest BCUT2D eigenvalue weighted by atomic mass is 16.5. The summed E-state index contributed by atoms with van der Waals surface area (Å²) in [6, 6.07) is 37.5. The summed E-state index contributed by atoms with van der Waals surface area (Å²) in [5.41, 5.74) is 10.7. The highest BCUT2D eigenvalue weighted by Gasteiger charge is 2.15. The molecule has 0 aromatic heterocycles. The van der Waals surface area contributed by atoms with Crippen LogP contribution in [0, 0.1) is 20.8 Å². The second-order valence-electron chi connectivity index (χ2n) is 11.2. The zero-order valence-corrected chi connectivity index (χ0v) is 27.6. The molecular weight excluding hydrogens is 570 g/mol. The van der Waals surface area contributed by atoms with E-state index in [1.54, 1.807) is 28.4 Å². The Hall–Kier alpha value is -5.42. The summed E-state index contributed by atoms with van der Waals surface area (Å²) < 4.78 is 22.2. The SMILES string of the molecule is COc1ccc(/C(=C\N(/C=C(\c2ccc(OC)cc2)c2ccc(OC)c(C)c2)c2ccc(C)cc2)c2ccc(OC)c(C)c2)cc1. The van der Waals surface area contributed by atoms with E-state index in [4.69, 9.17) is 18.9 Å². The summed E-state index contributed by atoms with van der Waals surface area (Å²) in [5, 5.41) is 0. The first kappa shape index (κ1) is 32.0. The number of nitrogens with zero attached hydrogens (tertiary/aromatic N) is 1. The predicted octanol–water partition coefficient (Wildman–Crippen LogP) is 9.63. The molecule has 46 heavy (non-hydrogen) atoms. The van der Waals surface area contributed by atoms with Crippen molar-refractivity contribution in [1.29, 1.82) is 0 Å². The lowest BCUT2D eigenvalue weighted by molar-refractivity contribution is 0.411. The number of benzene rings is 5. The quantitative estimate of drug-likeness (QED) is 0.149. The Morgan fingerprint density at radius 2 is 0.848 bits per heavy atom. The second-order valence-corrected chi connectivity index (χ2v) is 11.2. The Morgan fingerprint density at radius 1 is 0.457 bits per heavy atom. The molecule has 0 unspecified atom stereocenters. The molecule has 5 rings (SSSR count). The fourth-order valence-electron chi connectivity index (χ4n) is 5.45. The molecule has 0 aliphatic heterocycles. The monoisotopic (exact) mass is 611 g/mol. The smallest absolute Gasteiger partial charge is 0.121 e. The van der Waals surface area contributed by atoms with Gasteiger partial charge in [-0.05, 0) is 115 Å². The zero-order chi connectivity index (χ0) is 32.6. The molecule has 234 valence electrons. The van der Waals surface area contributed by atoms with Crippen molar-refractivity contribution in [2.24, 2.45) is 0 Å². The molecule has 5 nitrogen and oxygen atoms in total. The van der Waals surface area contributed by atoms with Crippen molar-refractivity contribution in [3.8, 4) is 23.0 Å². The van der Waals surface area contributed by atoms with E-state index in [1.165, 1.54) is 5.56 Å². The highest BCUT2D eigenvalue weighted by Crippen LogP contribution is 2.34. The molecule has 0 amide bonds. The van der Waals surface area contributed by atoms with E-state index < -0.39 is 0 Å². The van der Waals surface area contributed by atoms with E-state index in [9.17, 15) is 0 Å². The molecule has 0 aliphatic rings. The third-order valence-electron chi connectivity index (χ3n) is 8.08. The lowest BCUT2D eigenvalue weighted by atomic mass is 9.95. The number of hydrogen-bond donors (Lipinski definition) is 0. The summed E-state index contributed by atoms with van der Waals surface area (Å²) in [7, 11) is 6.77. The summed E-state index contributed by atoms with van der Waals surface area (Å²) in [5.74, 6) is 3.32. The normalized spacial score (nSPS) is 11.6. The van der Waals surface area contributed by atoms with Crippen LogP contribution in [0.2, 0.25) is 0 Å². The average molecular weight is 612 g/mol. The standard InChI is InChI=1S/C41H41NO4/c1-28-8-16-35(17-9-28)42(26-38(31-10-18-36(43-4)19-11-31)33-14-22-40(45-6)29(2)24-33)27-39(32-12-20-37(44-5)21-13-32)34-15-23-41(46-7)30(3)25-34/h8-27H,1-7H3/b38-26+,39-27+. The molecule has 5 aromatic carbocycles. The van der Waals surface area contributed by atoms with Crippen LogP contribution in [0.4, 0.5) is 5.69 Å². The summed E-state index contributed by atoms with van der Waals surface area (Å²) >= 11 is 0. The summed E-state index contributed by atoms with van der Waals surface area (Å²) in [6.07, 6.45) is 4.40. The van der Waals surface area contributed by atoms with Crippen molar-refractivity contribution >= 4 is 16.8 Å². The minimum absolute atomic E-state index is 0.806. The first-order chi connectivity index (χ1) is 22.3. The number of rotatable bonds is 11. The van der Waals surface area contributed by atoms with Gasteiger partial charge in [-0.25, -0.2) is 0 Å². The Labute approximate surface area is 273 Å². The minimum atomic E-state index is 0.806. The van der Waals surface area contributed by atoms with Gasteiger partial charge in [0.05, 0.1) is 28.4 Å². The Balaban J connectivity index is 1.78. The summed E-state index contributed by atoms with van der Waals surface area (Å²) in [6.45, 7) is 6.24. The number of aryl methyl sites for hydroxylation is 3. The molecule has 0 N–H and O–H groups in total. The molecule has 0 atom stereocenters. The third kappa shape index (κ3) is 7.27. The molecule has 0 aliphatic carbocycles. The van der Waals surface area contributed by atoms with Crippen LogP contribution in [-0.4, -0.2) is 28.4 Å². The fraction of sp³-hybridized carbons (Fsp3) is 0.171. The van der Waals surface area contributed by atoms with Gasteiger partial charge in [0.25, 0.3) is 0 Å². The van der Waals surface area contributed by atoms with Gasteiger partial charge in [-0.1, -0.05) is 54.1 Å². The van der Waals surface area contributed by atoms with Crippen LogP contribution in [0.5, 0.6) is 23.0 Å².